The molecule has 0 aliphatic rings. The van der Waals surface area contributed by atoms with E-state index in [4.69, 9.17) is 5.73 Å². The minimum absolute atomic E-state index is 0.191. The number of alkyl halides is 3. The van der Waals surface area contributed by atoms with Gasteiger partial charge in [-0.2, -0.15) is 13.2 Å². The lowest BCUT2D eigenvalue weighted by molar-refractivity contribution is -0.141. The number of anilines is 1. The Morgan fingerprint density at radius 1 is 1.44 bits per heavy atom. The van der Waals surface area contributed by atoms with Gasteiger partial charge in [-0.15, -0.1) is 0 Å². The molecule has 1 aromatic rings. The van der Waals surface area contributed by atoms with Gasteiger partial charge < -0.3 is 11.1 Å². The monoisotopic (exact) mass is 233 g/mol. The van der Waals surface area contributed by atoms with Crippen LogP contribution < -0.4 is 11.1 Å². The van der Waals surface area contributed by atoms with Gasteiger partial charge >= 0.3 is 6.18 Å². The molecule has 0 amide bonds. The van der Waals surface area contributed by atoms with Crippen LogP contribution in [-0.2, 0) is 6.18 Å². The first-order chi connectivity index (χ1) is 7.43. The smallest absolute Gasteiger partial charge is 0.370 e. The van der Waals surface area contributed by atoms with Crippen molar-refractivity contribution in [1.29, 1.82) is 0 Å². The van der Waals surface area contributed by atoms with E-state index in [1.54, 1.807) is 0 Å². The molecule has 0 aliphatic heterocycles. The van der Waals surface area contributed by atoms with Gasteiger partial charge in [-0.25, -0.2) is 4.98 Å². The molecule has 0 spiro atoms. The fraction of sp³-hybridized carbons (Fsp3) is 0.500. The Labute approximate surface area is 91.9 Å². The van der Waals surface area contributed by atoms with Gasteiger partial charge in [0.1, 0.15) is 11.5 Å². The van der Waals surface area contributed by atoms with Crippen molar-refractivity contribution in [2.24, 2.45) is 11.7 Å². The SMILES string of the molecule is CC(CN)CNc1cccc(C(F)(F)F)n1. The largest absolute Gasteiger partial charge is 0.433 e. The molecule has 1 aromatic heterocycles. The van der Waals surface area contributed by atoms with Crippen LogP contribution in [0, 0.1) is 5.92 Å². The molecule has 0 bridgehead atoms. The molecule has 1 rings (SSSR count). The van der Waals surface area contributed by atoms with E-state index >= 15 is 0 Å². The van der Waals surface area contributed by atoms with Crippen LogP contribution in [0.4, 0.5) is 19.0 Å². The number of nitrogens with two attached hydrogens (primary N) is 1. The van der Waals surface area contributed by atoms with Crippen molar-refractivity contribution in [2.75, 3.05) is 18.4 Å². The number of halogens is 3. The third-order valence-corrected chi connectivity index (χ3v) is 2.07. The molecule has 90 valence electrons. The van der Waals surface area contributed by atoms with E-state index in [2.05, 4.69) is 10.3 Å². The van der Waals surface area contributed by atoms with Crippen LogP contribution in [0.3, 0.4) is 0 Å². The zero-order chi connectivity index (χ0) is 12.2. The summed E-state index contributed by atoms with van der Waals surface area (Å²) in [6.07, 6.45) is -4.41. The first-order valence-corrected chi connectivity index (χ1v) is 4.91. The van der Waals surface area contributed by atoms with Gasteiger partial charge in [0.05, 0.1) is 0 Å². The number of hydrogen-bond donors (Lipinski definition) is 2. The molecule has 1 heterocycles. The van der Waals surface area contributed by atoms with E-state index in [1.165, 1.54) is 12.1 Å². The summed E-state index contributed by atoms with van der Waals surface area (Å²) >= 11 is 0. The van der Waals surface area contributed by atoms with E-state index < -0.39 is 11.9 Å². The molecule has 0 aliphatic carbocycles. The van der Waals surface area contributed by atoms with E-state index in [0.717, 1.165) is 6.07 Å². The summed E-state index contributed by atoms with van der Waals surface area (Å²) < 4.78 is 37.0. The van der Waals surface area contributed by atoms with Crippen LogP contribution in [-0.4, -0.2) is 18.1 Å². The number of nitrogens with zero attached hydrogens (tertiary/aromatic N) is 1. The highest BCUT2D eigenvalue weighted by atomic mass is 19.4. The predicted molar refractivity (Wildman–Crippen MR) is 55.9 cm³/mol. The molecular formula is C10H14F3N3. The standard InChI is InChI=1S/C10H14F3N3/c1-7(5-14)6-15-9-4-2-3-8(16-9)10(11,12)13/h2-4,7H,5-6,14H2,1H3,(H,15,16). The fourth-order valence-electron chi connectivity index (χ4n) is 1.05. The van der Waals surface area contributed by atoms with Crippen molar-refractivity contribution in [3.8, 4) is 0 Å². The summed E-state index contributed by atoms with van der Waals surface area (Å²) in [7, 11) is 0. The summed E-state index contributed by atoms with van der Waals surface area (Å²) in [6.45, 7) is 2.89. The topological polar surface area (TPSA) is 50.9 Å². The van der Waals surface area contributed by atoms with Crippen LogP contribution in [0.25, 0.3) is 0 Å². The highest BCUT2D eigenvalue weighted by Gasteiger charge is 2.32. The quantitative estimate of drug-likeness (QED) is 0.837. The van der Waals surface area contributed by atoms with Gasteiger partial charge in [0.15, 0.2) is 0 Å². The maximum atomic E-state index is 12.3. The first kappa shape index (κ1) is 12.8. The Kier molecular flexibility index (Phi) is 4.12. The predicted octanol–water partition coefficient (Wildman–Crippen LogP) is 2.11. The van der Waals surface area contributed by atoms with Gasteiger partial charge in [-0.1, -0.05) is 13.0 Å². The molecule has 6 heteroatoms. The van der Waals surface area contributed by atoms with E-state index in [1.807, 2.05) is 6.92 Å². The lowest BCUT2D eigenvalue weighted by Crippen LogP contribution is -2.20. The number of hydrogen-bond acceptors (Lipinski definition) is 3. The number of nitrogens with one attached hydrogen (secondary N) is 1. The Hall–Kier alpha value is -1.30. The van der Waals surface area contributed by atoms with Crippen molar-refractivity contribution in [3.63, 3.8) is 0 Å². The van der Waals surface area contributed by atoms with Crippen LogP contribution in [0.2, 0.25) is 0 Å². The Balaban J connectivity index is 2.68. The molecular weight excluding hydrogens is 219 g/mol. The highest BCUT2D eigenvalue weighted by molar-refractivity contribution is 5.35. The van der Waals surface area contributed by atoms with Gasteiger partial charge in [-0.05, 0) is 24.6 Å². The molecule has 0 aromatic carbocycles. The Morgan fingerprint density at radius 2 is 2.12 bits per heavy atom. The van der Waals surface area contributed by atoms with Crippen LogP contribution in [0.15, 0.2) is 18.2 Å². The average Bonchev–Trinajstić information content (AvgIpc) is 2.25. The summed E-state index contributed by atoms with van der Waals surface area (Å²) in [5, 5.41) is 2.82. The van der Waals surface area contributed by atoms with E-state index in [-0.39, 0.29) is 11.7 Å². The molecule has 1 unspecified atom stereocenters. The fourth-order valence-corrected chi connectivity index (χ4v) is 1.05. The second kappa shape index (κ2) is 5.16. The average molecular weight is 233 g/mol. The van der Waals surface area contributed by atoms with Crippen molar-refractivity contribution < 1.29 is 13.2 Å². The molecule has 16 heavy (non-hydrogen) atoms. The molecule has 0 radical (unpaired) electrons. The van der Waals surface area contributed by atoms with Gasteiger partial charge in [0.2, 0.25) is 0 Å². The summed E-state index contributed by atoms with van der Waals surface area (Å²) in [6, 6.07) is 3.77. The summed E-state index contributed by atoms with van der Waals surface area (Å²) in [5.41, 5.74) is 4.50. The third-order valence-electron chi connectivity index (χ3n) is 2.07. The highest BCUT2D eigenvalue weighted by Crippen LogP contribution is 2.28. The first-order valence-electron chi connectivity index (χ1n) is 4.91. The maximum Gasteiger partial charge on any atom is 0.433 e. The zero-order valence-corrected chi connectivity index (χ0v) is 8.88. The van der Waals surface area contributed by atoms with E-state index in [0.29, 0.717) is 13.1 Å². The van der Waals surface area contributed by atoms with Gasteiger partial charge in [0, 0.05) is 6.54 Å². The lowest BCUT2D eigenvalue weighted by atomic mass is 10.2. The second-order valence-corrected chi connectivity index (χ2v) is 3.63. The number of pyridine rings is 1. The molecule has 1 atom stereocenters. The van der Waals surface area contributed by atoms with Crippen molar-refractivity contribution >= 4 is 5.82 Å². The lowest BCUT2D eigenvalue weighted by Gasteiger charge is -2.12. The second-order valence-electron chi connectivity index (χ2n) is 3.63. The zero-order valence-electron chi connectivity index (χ0n) is 8.88. The Morgan fingerprint density at radius 3 is 2.69 bits per heavy atom. The van der Waals surface area contributed by atoms with Crippen molar-refractivity contribution in [2.45, 2.75) is 13.1 Å². The van der Waals surface area contributed by atoms with Gasteiger partial charge in [0.25, 0.3) is 0 Å². The van der Waals surface area contributed by atoms with Crippen LogP contribution >= 0.6 is 0 Å². The molecule has 0 fully saturated rings. The maximum absolute atomic E-state index is 12.3. The van der Waals surface area contributed by atoms with Crippen LogP contribution in [0.5, 0.6) is 0 Å². The summed E-state index contributed by atoms with van der Waals surface area (Å²) in [4.78, 5) is 3.47. The van der Waals surface area contributed by atoms with Crippen LogP contribution in [0.1, 0.15) is 12.6 Å². The van der Waals surface area contributed by atoms with Crippen molar-refractivity contribution in [3.05, 3.63) is 23.9 Å². The molecule has 3 N–H and O–H groups in total. The minimum Gasteiger partial charge on any atom is -0.370 e. The van der Waals surface area contributed by atoms with Crippen molar-refractivity contribution in [1.82, 2.24) is 4.98 Å². The third kappa shape index (κ3) is 3.69. The number of rotatable bonds is 4. The Bertz CT molecular complexity index is 338. The normalized spacial score (nSPS) is 13.6. The molecule has 0 saturated heterocycles. The van der Waals surface area contributed by atoms with Gasteiger partial charge in [-0.3, -0.25) is 0 Å². The number of aromatic nitrogens is 1. The summed E-state index contributed by atoms with van der Waals surface area (Å²) in [5.74, 6) is 0.409. The minimum atomic E-state index is -4.41. The molecule has 3 nitrogen and oxygen atoms in total. The van der Waals surface area contributed by atoms with E-state index in [9.17, 15) is 13.2 Å². The molecule has 0 saturated carbocycles.